The fourth-order valence-corrected chi connectivity index (χ4v) is 6.43. The van der Waals surface area contributed by atoms with Crippen molar-refractivity contribution < 1.29 is 24.3 Å². The van der Waals surface area contributed by atoms with E-state index in [1.807, 2.05) is 0 Å². The van der Waals surface area contributed by atoms with E-state index in [0.29, 0.717) is 25.0 Å². The summed E-state index contributed by atoms with van der Waals surface area (Å²) in [6.07, 6.45) is 5.87. The number of fused-ring (bicyclic) bond motifs is 2. The highest BCUT2D eigenvalue weighted by molar-refractivity contribution is 5.75. The number of esters is 1. The second-order valence-corrected chi connectivity index (χ2v) is 10.0. The third kappa shape index (κ3) is 4.55. The molecule has 0 aromatic heterocycles. The highest BCUT2D eigenvalue weighted by Gasteiger charge is 2.55. The highest BCUT2D eigenvalue weighted by atomic mass is 16.6. The van der Waals surface area contributed by atoms with Crippen molar-refractivity contribution in [3.8, 4) is 0 Å². The van der Waals surface area contributed by atoms with E-state index in [1.165, 1.54) is 18.4 Å². The van der Waals surface area contributed by atoms with Gasteiger partial charge in [-0.3, -0.25) is 9.69 Å². The summed E-state index contributed by atoms with van der Waals surface area (Å²) < 4.78 is 11.3. The van der Waals surface area contributed by atoms with Gasteiger partial charge in [-0.15, -0.1) is 0 Å². The molecule has 4 fully saturated rings. The van der Waals surface area contributed by atoms with Gasteiger partial charge >= 0.3 is 5.97 Å². The number of allylic oxidation sites excluding steroid dienone is 1. The predicted octanol–water partition coefficient (Wildman–Crippen LogP) is 0.510. The van der Waals surface area contributed by atoms with Crippen molar-refractivity contribution in [1.82, 2.24) is 4.90 Å². The Bertz CT molecular complexity index is 604. The molecule has 5 unspecified atom stereocenters. The first-order valence-corrected chi connectivity index (χ1v) is 11.6. The minimum absolute atomic E-state index is 0.0358. The van der Waals surface area contributed by atoms with Gasteiger partial charge in [0.15, 0.2) is 0 Å². The topological polar surface area (TPSA) is 63.4 Å². The summed E-state index contributed by atoms with van der Waals surface area (Å²) in [6, 6.07) is 0. The number of carbonyl (C=O) groups is 1. The second kappa shape index (κ2) is 9.04. The summed E-state index contributed by atoms with van der Waals surface area (Å²) in [5.41, 5.74) is 1.69. The molecule has 2 saturated heterocycles. The van der Waals surface area contributed by atoms with Crippen molar-refractivity contribution in [2.45, 2.75) is 45.1 Å². The molecule has 6 nitrogen and oxygen atoms in total. The van der Waals surface area contributed by atoms with Gasteiger partial charge in [0.1, 0.15) is 12.6 Å². The standard InChI is InChI=1S/C23H38N2O4/c1-17-4-3-5-23(2)15-21-18(14-20(17)23)19(22(27)29-21)16-25-8-6-24(7-9-25)10-12-28-13-11-26/h18-21,26H,1,3-16H2,2H3/p+1. The van der Waals surface area contributed by atoms with Crippen LogP contribution in [-0.4, -0.2) is 81.2 Å². The fraction of sp³-hybridized carbons (Fsp3) is 0.870. The molecule has 2 saturated carbocycles. The van der Waals surface area contributed by atoms with Crippen LogP contribution in [0.5, 0.6) is 0 Å². The zero-order valence-electron chi connectivity index (χ0n) is 18.0. The zero-order chi connectivity index (χ0) is 20.4. The molecular weight excluding hydrogens is 368 g/mol. The predicted molar refractivity (Wildman–Crippen MR) is 111 cm³/mol. The van der Waals surface area contributed by atoms with Crippen LogP contribution in [-0.2, 0) is 14.3 Å². The lowest BCUT2D eigenvalue weighted by Gasteiger charge is -2.50. The van der Waals surface area contributed by atoms with E-state index >= 15 is 0 Å². The summed E-state index contributed by atoms with van der Waals surface area (Å²) in [4.78, 5) is 16.8. The second-order valence-electron chi connectivity index (χ2n) is 10.0. The lowest BCUT2D eigenvalue weighted by molar-refractivity contribution is -0.904. The number of hydrogen-bond acceptors (Lipinski definition) is 5. The number of nitrogens with zero attached hydrogens (tertiary/aromatic N) is 1. The van der Waals surface area contributed by atoms with Gasteiger partial charge in [-0.2, -0.15) is 0 Å². The highest BCUT2D eigenvalue weighted by Crippen LogP contribution is 2.56. The maximum atomic E-state index is 12.8. The number of piperazine rings is 1. The molecule has 0 aromatic rings. The van der Waals surface area contributed by atoms with Gasteiger partial charge in [-0.05, 0) is 43.4 Å². The average Bonchev–Trinajstić information content (AvgIpc) is 2.99. The molecular formula is C23H39N2O4+. The Kier molecular flexibility index (Phi) is 6.64. The fourth-order valence-electron chi connectivity index (χ4n) is 6.43. The third-order valence-corrected chi connectivity index (χ3v) is 8.17. The van der Waals surface area contributed by atoms with E-state index in [0.717, 1.165) is 58.5 Å². The van der Waals surface area contributed by atoms with Crippen LogP contribution >= 0.6 is 0 Å². The molecule has 6 heteroatoms. The van der Waals surface area contributed by atoms with Crippen LogP contribution in [0.15, 0.2) is 12.2 Å². The lowest BCUT2D eigenvalue weighted by atomic mass is 9.55. The number of quaternary nitrogens is 1. The number of nitrogens with one attached hydrogen (secondary N) is 1. The summed E-state index contributed by atoms with van der Waals surface area (Å²) in [5.74, 6) is 1.01. The summed E-state index contributed by atoms with van der Waals surface area (Å²) in [6.45, 7) is 14.1. The van der Waals surface area contributed by atoms with E-state index in [1.54, 1.807) is 4.90 Å². The van der Waals surface area contributed by atoms with Crippen molar-refractivity contribution in [1.29, 1.82) is 0 Å². The van der Waals surface area contributed by atoms with Crippen molar-refractivity contribution in [2.75, 3.05) is 59.1 Å². The molecule has 0 aromatic carbocycles. The zero-order valence-corrected chi connectivity index (χ0v) is 18.0. The normalized spacial score (nSPS) is 38.6. The largest absolute Gasteiger partial charge is 0.462 e. The van der Waals surface area contributed by atoms with Crippen LogP contribution in [0.4, 0.5) is 0 Å². The third-order valence-electron chi connectivity index (χ3n) is 8.17. The average molecular weight is 408 g/mol. The molecule has 0 spiro atoms. The van der Waals surface area contributed by atoms with Gasteiger partial charge in [0.05, 0.1) is 38.8 Å². The number of rotatable bonds is 7. The Morgan fingerprint density at radius 1 is 1.34 bits per heavy atom. The molecule has 0 radical (unpaired) electrons. The smallest absolute Gasteiger partial charge is 0.310 e. The van der Waals surface area contributed by atoms with Crippen LogP contribution < -0.4 is 4.90 Å². The maximum Gasteiger partial charge on any atom is 0.310 e. The molecule has 164 valence electrons. The molecule has 4 aliphatic rings. The van der Waals surface area contributed by atoms with E-state index in [9.17, 15) is 4.79 Å². The molecule has 0 amide bonds. The number of hydrogen-bond donors (Lipinski definition) is 2. The molecule has 0 bridgehead atoms. The number of aliphatic hydroxyl groups is 1. The summed E-state index contributed by atoms with van der Waals surface area (Å²) >= 11 is 0. The van der Waals surface area contributed by atoms with Crippen molar-refractivity contribution in [3.05, 3.63) is 12.2 Å². The van der Waals surface area contributed by atoms with E-state index < -0.39 is 0 Å². The van der Waals surface area contributed by atoms with E-state index in [2.05, 4.69) is 18.4 Å². The Morgan fingerprint density at radius 2 is 2.14 bits per heavy atom. The van der Waals surface area contributed by atoms with Crippen LogP contribution in [0.25, 0.3) is 0 Å². The molecule has 2 aliphatic carbocycles. The Labute approximate surface area is 175 Å². The number of ether oxygens (including phenoxy) is 2. The minimum Gasteiger partial charge on any atom is -0.462 e. The van der Waals surface area contributed by atoms with Gasteiger partial charge in [-0.1, -0.05) is 19.1 Å². The quantitative estimate of drug-likeness (QED) is 0.366. The molecule has 5 atom stereocenters. The van der Waals surface area contributed by atoms with Crippen molar-refractivity contribution in [2.24, 2.45) is 23.2 Å². The Hall–Kier alpha value is -0.950. The van der Waals surface area contributed by atoms with E-state index in [-0.39, 0.29) is 30.0 Å². The van der Waals surface area contributed by atoms with Crippen LogP contribution in [0, 0.1) is 23.2 Å². The monoisotopic (exact) mass is 407 g/mol. The van der Waals surface area contributed by atoms with E-state index in [4.69, 9.17) is 14.6 Å². The van der Waals surface area contributed by atoms with Crippen LogP contribution in [0.2, 0.25) is 0 Å². The first-order valence-electron chi connectivity index (χ1n) is 11.6. The minimum atomic E-state index is 0.0358. The molecule has 2 heterocycles. The van der Waals surface area contributed by atoms with Gasteiger partial charge in [-0.25, -0.2) is 0 Å². The number of carbonyl (C=O) groups excluding carboxylic acids is 1. The van der Waals surface area contributed by atoms with Crippen molar-refractivity contribution >= 4 is 5.97 Å². The first-order chi connectivity index (χ1) is 14.0. The molecule has 29 heavy (non-hydrogen) atoms. The van der Waals surface area contributed by atoms with Gasteiger partial charge < -0.3 is 19.5 Å². The molecule has 2 aliphatic heterocycles. The lowest BCUT2D eigenvalue weighted by Crippen LogP contribution is -3.15. The molecule has 4 rings (SSSR count). The number of aliphatic hydroxyl groups excluding tert-OH is 1. The van der Waals surface area contributed by atoms with Gasteiger partial charge in [0.2, 0.25) is 0 Å². The van der Waals surface area contributed by atoms with Gasteiger partial charge in [0.25, 0.3) is 0 Å². The summed E-state index contributed by atoms with van der Waals surface area (Å²) in [7, 11) is 0. The van der Waals surface area contributed by atoms with Crippen LogP contribution in [0.3, 0.4) is 0 Å². The maximum absolute atomic E-state index is 12.8. The molecule has 2 N–H and O–H groups in total. The van der Waals surface area contributed by atoms with Crippen molar-refractivity contribution in [3.63, 3.8) is 0 Å². The summed E-state index contributed by atoms with van der Waals surface area (Å²) in [5, 5.41) is 8.79. The Morgan fingerprint density at radius 3 is 2.90 bits per heavy atom. The van der Waals surface area contributed by atoms with Gasteiger partial charge in [0, 0.05) is 25.6 Å². The SMILES string of the molecule is C=C1CCCC2(C)CC3OC(=O)C(CN4CC[NH+](CCOCCO)CC4)C3CC12. The first kappa shape index (κ1) is 21.3. The van der Waals surface area contributed by atoms with Crippen LogP contribution in [0.1, 0.15) is 39.0 Å². The Balaban J connectivity index is 1.30.